The first kappa shape index (κ1) is 19.2. The van der Waals surface area contributed by atoms with Gasteiger partial charge in [0.25, 0.3) is 5.91 Å². The molecule has 0 aromatic carbocycles. The second-order valence-corrected chi connectivity index (χ2v) is 6.36. The van der Waals surface area contributed by atoms with E-state index in [2.05, 4.69) is 15.3 Å². The molecule has 3 rings (SSSR count). The molecule has 0 aliphatic carbocycles. The largest absolute Gasteiger partial charge is 0.467 e. The first-order valence-corrected chi connectivity index (χ1v) is 8.58. The minimum absolute atomic E-state index is 0.000699. The zero-order chi connectivity index (χ0) is 19.4. The molecule has 0 radical (unpaired) electrons. The van der Waals surface area contributed by atoms with Crippen LogP contribution in [0.15, 0.2) is 29.0 Å². The highest BCUT2D eigenvalue weighted by Gasteiger charge is 2.36. The zero-order valence-corrected chi connectivity index (χ0v) is 14.5. The lowest BCUT2D eigenvalue weighted by molar-refractivity contribution is -0.144. The Balaban J connectivity index is 1.83. The number of piperidine rings is 1. The molecular formula is C17H20F3N5O2. The van der Waals surface area contributed by atoms with Gasteiger partial charge in [-0.1, -0.05) is 0 Å². The number of carbonyl (C=O) groups is 1. The normalized spacial score (nSPS) is 15.8. The molecule has 1 amide bonds. The van der Waals surface area contributed by atoms with Crippen molar-refractivity contribution in [3.05, 3.63) is 41.7 Å². The van der Waals surface area contributed by atoms with Crippen LogP contribution in [0.5, 0.6) is 0 Å². The van der Waals surface area contributed by atoms with Crippen molar-refractivity contribution in [2.24, 2.45) is 11.7 Å². The Morgan fingerprint density at radius 3 is 2.70 bits per heavy atom. The molecule has 1 aliphatic heterocycles. The van der Waals surface area contributed by atoms with Gasteiger partial charge in [0, 0.05) is 19.3 Å². The molecule has 1 aliphatic rings. The van der Waals surface area contributed by atoms with Gasteiger partial charge in [0.2, 0.25) is 5.82 Å². The van der Waals surface area contributed by atoms with Crippen LogP contribution in [0.1, 0.15) is 34.8 Å². The minimum Gasteiger partial charge on any atom is -0.467 e. The Morgan fingerprint density at radius 2 is 2.11 bits per heavy atom. The van der Waals surface area contributed by atoms with Crippen molar-refractivity contribution >= 4 is 11.7 Å². The van der Waals surface area contributed by atoms with Crippen molar-refractivity contribution in [3.8, 4) is 0 Å². The van der Waals surface area contributed by atoms with Gasteiger partial charge < -0.3 is 20.4 Å². The van der Waals surface area contributed by atoms with Crippen molar-refractivity contribution in [1.82, 2.24) is 14.9 Å². The minimum atomic E-state index is -4.71. The number of halogens is 3. The standard InChI is InChI=1S/C17H20F3N5O2/c18-17(19,20)16-23-10-13(14(24-16)22-9-12-2-1-7-27-12)15(26)25-5-3-11(8-21)4-6-25/h1-2,7,10-11H,3-6,8-9,21H2,(H,22,23,24). The van der Waals surface area contributed by atoms with E-state index >= 15 is 0 Å². The van der Waals surface area contributed by atoms with Gasteiger partial charge in [-0.2, -0.15) is 13.2 Å². The molecule has 2 aromatic rings. The van der Waals surface area contributed by atoms with E-state index < -0.39 is 17.9 Å². The number of alkyl halides is 3. The van der Waals surface area contributed by atoms with Crippen molar-refractivity contribution < 1.29 is 22.4 Å². The molecule has 1 saturated heterocycles. The lowest BCUT2D eigenvalue weighted by Gasteiger charge is -2.31. The number of likely N-dealkylation sites (tertiary alicyclic amines) is 1. The maximum absolute atomic E-state index is 13.0. The van der Waals surface area contributed by atoms with E-state index in [1.807, 2.05) is 0 Å². The predicted octanol–water partition coefficient (Wildman–Crippen LogP) is 2.51. The number of nitrogens with one attached hydrogen (secondary N) is 1. The molecular weight excluding hydrogens is 363 g/mol. The van der Waals surface area contributed by atoms with Gasteiger partial charge in [0.05, 0.1) is 12.8 Å². The predicted molar refractivity (Wildman–Crippen MR) is 90.8 cm³/mol. The van der Waals surface area contributed by atoms with Crippen LogP contribution in [0, 0.1) is 5.92 Å². The number of aromatic nitrogens is 2. The van der Waals surface area contributed by atoms with Crippen molar-refractivity contribution in [1.29, 1.82) is 0 Å². The molecule has 10 heteroatoms. The number of rotatable bonds is 5. The number of nitrogens with two attached hydrogens (primary N) is 1. The summed E-state index contributed by atoms with van der Waals surface area (Å²) in [5.74, 6) is -1.01. The molecule has 0 unspecified atom stereocenters. The number of carbonyl (C=O) groups excluding carboxylic acids is 1. The smallest absolute Gasteiger partial charge is 0.451 e. The first-order valence-electron chi connectivity index (χ1n) is 8.58. The number of amides is 1. The van der Waals surface area contributed by atoms with Crippen LogP contribution in [-0.4, -0.2) is 40.4 Å². The fraction of sp³-hybridized carbons (Fsp3) is 0.471. The molecule has 146 valence electrons. The molecule has 0 spiro atoms. The summed E-state index contributed by atoms with van der Waals surface area (Å²) in [6.07, 6.45) is -0.802. The van der Waals surface area contributed by atoms with Crippen molar-refractivity contribution in [3.63, 3.8) is 0 Å². The summed E-state index contributed by atoms with van der Waals surface area (Å²) in [6.45, 7) is 1.65. The van der Waals surface area contributed by atoms with Crippen LogP contribution in [0.4, 0.5) is 19.0 Å². The van der Waals surface area contributed by atoms with Gasteiger partial charge >= 0.3 is 6.18 Å². The van der Waals surface area contributed by atoms with Gasteiger partial charge in [-0.05, 0) is 37.4 Å². The van der Waals surface area contributed by atoms with Crippen LogP contribution in [0.25, 0.3) is 0 Å². The number of furan rings is 1. The van der Waals surface area contributed by atoms with E-state index in [0.717, 1.165) is 19.0 Å². The average Bonchev–Trinajstić information content (AvgIpc) is 3.18. The Kier molecular flexibility index (Phi) is 5.64. The molecule has 2 aromatic heterocycles. The summed E-state index contributed by atoms with van der Waals surface area (Å²) in [5.41, 5.74) is 5.66. The highest BCUT2D eigenvalue weighted by atomic mass is 19.4. The molecule has 7 nitrogen and oxygen atoms in total. The molecule has 0 bridgehead atoms. The van der Waals surface area contributed by atoms with E-state index in [-0.39, 0.29) is 17.9 Å². The Labute approximate surface area is 153 Å². The molecule has 0 atom stereocenters. The maximum Gasteiger partial charge on any atom is 0.451 e. The number of nitrogens with zero attached hydrogens (tertiary/aromatic N) is 3. The average molecular weight is 383 g/mol. The fourth-order valence-corrected chi connectivity index (χ4v) is 2.94. The molecule has 27 heavy (non-hydrogen) atoms. The summed E-state index contributed by atoms with van der Waals surface area (Å²) in [7, 11) is 0. The highest BCUT2D eigenvalue weighted by Crippen LogP contribution is 2.28. The van der Waals surface area contributed by atoms with Crippen molar-refractivity contribution in [2.75, 3.05) is 25.0 Å². The van der Waals surface area contributed by atoms with Crippen molar-refractivity contribution in [2.45, 2.75) is 25.6 Å². The van der Waals surface area contributed by atoms with E-state index in [1.54, 1.807) is 17.0 Å². The van der Waals surface area contributed by atoms with Crippen LogP contribution < -0.4 is 11.1 Å². The number of hydrogen-bond donors (Lipinski definition) is 2. The van der Waals surface area contributed by atoms with Crippen LogP contribution in [-0.2, 0) is 12.7 Å². The molecule has 3 heterocycles. The molecule has 1 fully saturated rings. The summed E-state index contributed by atoms with van der Waals surface area (Å²) in [4.78, 5) is 21.3. The Morgan fingerprint density at radius 1 is 1.37 bits per heavy atom. The zero-order valence-electron chi connectivity index (χ0n) is 14.5. The summed E-state index contributed by atoms with van der Waals surface area (Å²) in [5, 5.41) is 2.76. The lowest BCUT2D eigenvalue weighted by atomic mass is 9.97. The van der Waals surface area contributed by atoms with E-state index in [9.17, 15) is 18.0 Å². The monoisotopic (exact) mass is 383 g/mol. The summed E-state index contributed by atoms with van der Waals surface area (Å²) >= 11 is 0. The SMILES string of the molecule is NCC1CCN(C(=O)c2cnc(C(F)(F)F)nc2NCc2ccco2)CC1. The van der Waals surface area contributed by atoms with Gasteiger partial charge in [0.1, 0.15) is 17.1 Å². The van der Waals surface area contributed by atoms with Gasteiger partial charge in [-0.15, -0.1) is 0 Å². The Hall–Kier alpha value is -2.62. The second kappa shape index (κ2) is 7.95. The molecule has 3 N–H and O–H groups in total. The molecule has 0 saturated carbocycles. The topological polar surface area (TPSA) is 97.3 Å². The quantitative estimate of drug-likeness (QED) is 0.824. The summed E-state index contributed by atoms with van der Waals surface area (Å²) in [6, 6.07) is 3.32. The van der Waals surface area contributed by atoms with E-state index in [4.69, 9.17) is 10.2 Å². The third kappa shape index (κ3) is 4.57. The van der Waals surface area contributed by atoms with E-state index in [1.165, 1.54) is 6.26 Å². The Bertz CT molecular complexity index is 771. The number of hydrogen-bond acceptors (Lipinski definition) is 6. The maximum atomic E-state index is 13.0. The highest BCUT2D eigenvalue weighted by molar-refractivity contribution is 5.98. The first-order chi connectivity index (χ1) is 12.9. The van der Waals surface area contributed by atoms with Gasteiger partial charge in [0.15, 0.2) is 0 Å². The van der Waals surface area contributed by atoms with Crippen LogP contribution >= 0.6 is 0 Å². The van der Waals surface area contributed by atoms with E-state index in [0.29, 0.717) is 31.3 Å². The summed E-state index contributed by atoms with van der Waals surface area (Å²) < 4.78 is 44.1. The third-order valence-electron chi connectivity index (χ3n) is 4.52. The van der Waals surface area contributed by atoms with Crippen LogP contribution in [0.2, 0.25) is 0 Å². The number of anilines is 1. The fourth-order valence-electron chi connectivity index (χ4n) is 2.94. The second-order valence-electron chi connectivity index (χ2n) is 6.36. The van der Waals surface area contributed by atoms with Crippen LogP contribution in [0.3, 0.4) is 0 Å². The third-order valence-corrected chi connectivity index (χ3v) is 4.52. The van der Waals surface area contributed by atoms with Gasteiger partial charge in [-0.25, -0.2) is 9.97 Å². The van der Waals surface area contributed by atoms with Gasteiger partial charge in [-0.3, -0.25) is 4.79 Å². The lowest BCUT2D eigenvalue weighted by Crippen LogP contribution is -2.40.